The van der Waals surface area contributed by atoms with E-state index in [0.29, 0.717) is 17.0 Å². The molecule has 1 aliphatic heterocycles. The zero-order valence-electron chi connectivity index (χ0n) is 10.1. The van der Waals surface area contributed by atoms with Crippen molar-refractivity contribution in [3.8, 4) is 0 Å². The molecule has 1 heterocycles. The van der Waals surface area contributed by atoms with Crippen molar-refractivity contribution in [2.75, 3.05) is 6.61 Å². The van der Waals surface area contributed by atoms with Gasteiger partial charge in [-0.15, -0.1) is 0 Å². The van der Waals surface area contributed by atoms with Crippen LogP contribution < -0.4 is 0 Å². The normalized spacial score (nSPS) is 19.1. The van der Waals surface area contributed by atoms with Gasteiger partial charge in [0.1, 0.15) is 11.6 Å². The molecular weight excluding hydrogens is 255 g/mol. The van der Waals surface area contributed by atoms with E-state index in [2.05, 4.69) is 0 Å². The molecule has 1 aliphatic rings. The topological polar surface area (TPSA) is 26.3 Å². The lowest BCUT2D eigenvalue weighted by molar-refractivity contribution is -0.119. The van der Waals surface area contributed by atoms with Crippen LogP contribution in [0.15, 0.2) is 18.2 Å². The van der Waals surface area contributed by atoms with E-state index in [1.54, 1.807) is 6.07 Å². The predicted molar refractivity (Wildman–Crippen MR) is 68.3 cm³/mol. The molecule has 1 saturated heterocycles. The van der Waals surface area contributed by atoms with Crippen molar-refractivity contribution in [3.63, 3.8) is 0 Å². The maximum Gasteiger partial charge on any atom is 0.137 e. The van der Waals surface area contributed by atoms with Crippen molar-refractivity contribution in [2.24, 2.45) is 0 Å². The third-order valence-corrected chi connectivity index (χ3v) is 3.52. The Bertz CT molecular complexity index is 428. The van der Waals surface area contributed by atoms with Gasteiger partial charge >= 0.3 is 0 Å². The third-order valence-electron chi connectivity index (χ3n) is 3.17. The zero-order chi connectivity index (χ0) is 13.0. The third kappa shape index (κ3) is 3.79. The summed E-state index contributed by atoms with van der Waals surface area (Å²) in [6.45, 7) is 0.808. The molecule has 0 amide bonds. The number of ketones is 1. The lowest BCUT2D eigenvalue weighted by Gasteiger charge is -2.08. The van der Waals surface area contributed by atoms with E-state index in [-0.39, 0.29) is 24.1 Å². The first-order valence-corrected chi connectivity index (χ1v) is 6.60. The largest absolute Gasteiger partial charge is 0.378 e. The van der Waals surface area contributed by atoms with Crippen molar-refractivity contribution in [3.05, 3.63) is 34.6 Å². The summed E-state index contributed by atoms with van der Waals surface area (Å²) in [5, 5.41) is 0.320. The van der Waals surface area contributed by atoms with Crippen molar-refractivity contribution >= 4 is 17.4 Å². The van der Waals surface area contributed by atoms with Gasteiger partial charge in [0.2, 0.25) is 0 Å². The molecule has 1 aromatic rings. The van der Waals surface area contributed by atoms with E-state index in [9.17, 15) is 9.18 Å². The van der Waals surface area contributed by atoms with Gasteiger partial charge in [0.25, 0.3) is 0 Å². The molecule has 0 radical (unpaired) electrons. The van der Waals surface area contributed by atoms with Gasteiger partial charge in [-0.1, -0.05) is 17.7 Å². The van der Waals surface area contributed by atoms with Gasteiger partial charge in [0, 0.05) is 24.5 Å². The Labute approximate surface area is 111 Å². The van der Waals surface area contributed by atoms with Crippen LogP contribution in [0.1, 0.15) is 31.2 Å². The minimum absolute atomic E-state index is 0.124. The van der Waals surface area contributed by atoms with Gasteiger partial charge in [0.05, 0.1) is 6.10 Å². The molecule has 2 rings (SSSR count). The summed E-state index contributed by atoms with van der Waals surface area (Å²) < 4.78 is 18.3. The second-order valence-corrected chi connectivity index (χ2v) is 5.03. The van der Waals surface area contributed by atoms with Crippen LogP contribution in [0.3, 0.4) is 0 Å². The minimum Gasteiger partial charge on any atom is -0.378 e. The number of carbonyl (C=O) groups excluding carboxylic acids is 1. The number of hydrogen-bond donors (Lipinski definition) is 0. The van der Waals surface area contributed by atoms with E-state index >= 15 is 0 Å². The average Bonchev–Trinajstić information content (AvgIpc) is 2.83. The van der Waals surface area contributed by atoms with Crippen LogP contribution in [0.2, 0.25) is 5.02 Å². The zero-order valence-corrected chi connectivity index (χ0v) is 10.9. The molecule has 0 saturated carbocycles. The van der Waals surface area contributed by atoms with Crippen molar-refractivity contribution in [1.82, 2.24) is 0 Å². The first-order valence-electron chi connectivity index (χ1n) is 6.22. The standard InChI is InChI=1S/C14H16ClFO2/c15-14-9-11(16)4-3-10(14)8-12(17)5-6-13-2-1-7-18-13/h3-4,9,13H,1-2,5-8H2. The van der Waals surface area contributed by atoms with Crippen LogP contribution in [0, 0.1) is 5.82 Å². The Morgan fingerprint density at radius 1 is 1.50 bits per heavy atom. The van der Waals surface area contributed by atoms with Crippen molar-refractivity contribution in [1.29, 1.82) is 0 Å². The fraction of sp³-hybridized carbons (Fsp3) is 0.500. The van der Waals surface area contributed by atoms with E-state index in [1.165, 1.54) is 12.1 Å². The minimum atomic E-state index is -0.379. The molecule has 0 bridgehead atoms. The number of rotatable bonds is 5. The van der Waals surface area contributed by atoms with Crippen LogP contribution in [0.5, 0.6) is 0 Å². The lowest BCUT2D eigenvalue weighted by atomic mass is 10.0. The number of carbonyl (C=O) groups is 1. The first kappa shape index (κ1) is 13.5. The molecule has 0 aromatic heterocycles. The van der Waals surface area contributed by atoms with Crippen LogP contribution in [0.25, 0.3) is 0 Å². The number of hydrogen-bond acceptors (Lipinski definition) is 2. The number of benzene rings is 1. The molecular formula is C14H16ClFO2. The first-order chi connectivity index (χ1) is 8.65. The molecule has 0 spiro atoms. The van der Waals surface area contributed by atoms with E-state index in [0.717, 1.165) is 25.9 Å². The second-order valence-electron chi connectivity index (χ2n) is 4.62. The quantitative estimate of drug-likeness (QED) is 0.818. The summed E-state index contributed by atoms with van der Waals surface area (Å²) in [5.74, 6) is -0.255. The summed E-state index contributed by atoms with van der Waals surface area (Å²) >= 11 is 5.88. The molecule has 2 nitrogen and oxygen atoms in total. The summed E-state index contributed by atoms with van der Waals surface area (Å²) in [7, 11) is 0. The van der Waals surface area contributed by atoms with Crippen molar-refractivity contribution in [2.45, 2.75) is 38.2 Å². The molecule has 1 unspecified atom stereocenters. The SMILES string of the molecule is O=C(CCC1CCCO1)Cc1ccc(F)cc1Cl. The smallest absolute Gasteiger partial charge is 0.137 e. The Hall–Kier alpha value is -0.930. The highest BCUT2D eigenvalue weighted by atomic mass is 35.5. The van der Waals surface area contributed by atoms with Crippen LogP contribution in [0.4, 0.5) is 4.39 Å². The molecule has 0 aliphatic carbocycles. The van der Waals surface area contributed by atoms with Crippen LogP contribution in [-0.2, 0) is 16.0 Å². The van der Waals surface area contributed by atoms with E-state index in [4.69, 9.17) is 16.3 Å². The fourth-order valence-corrected chi connectivity index (χ4v) is 2.39. The highest BCUT2D eigenvalue weighted by Crippen LogP contribution is 2.20. The molecule has 98 valence electrons. The van der Waals surface area contributed by atoms with Gasteiger partial charge in [0.15, 0.2) is 0 Å². The second kappa shape index (κ2) is 6.30. The highest BCUT2D eigenvalue weighted by molar-refractivity contribution is 6.31. The van der Waals surface area contributed by atoms with Gasteiger partial charge in [-0.2, -0.15) is 0 Å². The molecule has 4 heteroatoms. The Balaban J connectivity index is 1.82. The highest BCUT2D eigenvalue weighted by Gasteiger charge is 2.17. The lowest BCUT2D eigenvalue weighted by Crippen LogP contribution is -2.10. The summed E-state index contributed by atoms with van der Waals surface area (Å²) in [4.78, 5) is 11.8. The monoisotopic (exact) mass is 270 g/mol. The Morgan fingerprint density at radius 3 is 3.00 bits per heavy atom. The Kier molecular flexibility index (Phi) is 4.72. The fourth-order valence-electron chi connectivity index (χ4n) is 2.16. The maximum atomic E-state index is 12.9. The van der Waals surface area contributed by atoms with Gasteiger partial charge in [-0.25, -0.2) is 4.39 Å². The predicted octanol–water partition coefficient (Wildman–Crippen LogP) is 3.55. The Morgan fingerprint density at radius 2 is 2.33 bits per heavy atom. The molecule has 18 heavy (non-hydrogen) atoms. The van der Waals surface area contributed by atoms with Gasteiger partial charge in [-0.05, 0) is 37.0 Å². The van der Waals surface area contributed by atoms with Crippen molar-refractivity contribution < 1.29 is 13.9 Å². The average molecular weight is 271 g/mol. The molecule has 0 N–H and O–H groups in total. The van der Waals surface area contributed by atoms with Crippen LogP contribution >= 0.6 is 11.6 Å². The number of ether oxygens (including phenoxy) is 1. The van der Waals surface area contributed by atoms with Gasteiger partial charge in [-0.3, -0.25) is 4.79 Å². The van der Waals surface area contributed by atoms with Gasteiger partial charge < -0.3 is 4.74 Å². The number of Topliss-reactive ketones (excluding diaryl/α,β-unsaturated/α-hetero) is 1. The number of halogens is 2. The molecule has 1 fully saturated rings. The summed E-state index contributed by atoms with van der Waals surface area (Å²) in [6, 6.07) is 4.14. The summed E-state index contributed by atoms with van der Waals surface area (Å²) in [6.07, 6.45) is 3.91. The van der Waals surface area contributed by atoms with Crippen LogP contribution in [-0.4, -0.2) is 18.5 Å². The molecule has 1 atom stereocenters. The van der Waals surface area contributed by atoms with E-state index < -0.39 is 0 Å². The maximum absolute atomic E-state index is 12.9. The summed E-state index contributed by atoms with van der Waals surface area (Å²) in [5.41, 5.74) is 0.690. The van der Waals surface area contributed by atoms with E-state index in [1.807, 2.05) is 0 Å². The molecule has 1 aromatic carbocycles.